The summed E-state index contributed by atoms with van der Waals surface area (Å²) in [6.45, 7) is 2.52. The summed E-state index contributed by atoms with van der Waals surface area (Å²) in [5, 5.41) is 3.35. The molecule has 1 aliphatic rings. The van der Waals surface area contributed by atoms with Crippen LogP contribution in [0.2, 0.25) is 0 Å². The van der Waals surface area contributed by atoms with Crippen LogP contribution in [0.3, 0.4) is 0 Å². The maximum atomic E-state index is 5.79. The van der Waals surface area contributed by atoms with Gasteiger partial charge in [0.2, 0.25) is 0 Å². The van der Waals surface area contributed by atoms with Gasteiger partial charge in [-0.05, 0) is 40.8 Å². The smallest absolute Gasteiger partial charge is 0.112 e. The molecule has 0 aliphatic carbocycles. The van der Waals surface area contributed by atoms with Crippen molar-refractivity contribution >= 4 is 22.6 Å². The molecule has 18 heavy (non-hydrogen) atoms. The Morgan fingerprint density at radius 1 is 1.44 bits per heavy atom. The highest BCUT2D eigenvalue weighted by atomic mass is 127. The minimum absolute atomic E-state index is 0.0825. The van der Waals surface area contributed by atoms with Gasteiger partial charge in [0, 0.05) is 22.3 Å². The molecule has 1 fully saturated rings. The molecule has 2 heterocycles. The summed E-state index contributed by atoms with van der Waals surface area (Å²) in [6, 6.07) is 8.37. The van der Waals surface area contributed by atoms with Crippen molar-refractivity contribution < 1.29 is 4.74 Å². The van der Waals surface area contributed by atoms with Gasteiger partial charge in [0.05, 0.1) is 24.8 Å². The van der Waals surface area contributed by atoms with Gasteiger partial charge in [0.25, 0.3) is 0 Å². The molecule has 1 aromatic heterocycles. The van der Waals surface area contributed by atoms with E-state index in [-0.39, 0.29) is 6.10 Å². The third kappa shape index (κ3) is 2.43. The standard InChI is InChI=1S/C13H14IN3O/c14-10-2-1-3-11(6-10)17-9-16-7-12(17)13-8-15-4-5-18-13/h1-3,6-7,9,13,15H,4-5,8H2. The van der Waals surface area contributed by atoms with Crippen molar-refractivity contribution in [2.24, 2.45) is 0 Å². The van der Waals surface area contributed by atoms with Crippen LogP contribution in [0.15, 0.2) is 36.8 Å². The molecular formula is C13H14IN3O. The molecule has 0 radical (unpaired) electrons. The maximum Gasteiger partial charge on any atom is 0.112 e. The van der Waals surface area contributed by atoms with Gasteiger partial charge in [0.1, 0.15) is 6.10 Å². The topological polar surface area (TPSA) is 39.1 Å². The lowest BCUT2D eigenvalue weighted by Gasteiger charge is -2.24. The average Bonchev–Trinajstić information content (AvgIpc) is 2.89. The molecule has 1 saturated heterocycles. The first kappa shape index (κ1) is 12.1. The molecule has 5 heteroatoms. The second-order valence-corrected chi connectivity index (χ2v) is 5.48. The fraction of sp³-hybridized carbons (Fsp3) is 0.308. The van der Waals surface area contributed by atoms with Gasteiger partial charge in [-0.3, -0.25) is 0 Å². The van der Waals surface area contributed by atoms with Crippen molar-refractivity contribution in [1.29, 1.82) is 0 Å². The molecule has 94 valence electrons. The molecule has 3 rings (SSSR count). The molecule has 4 nitrogen and oxygen atoms in total. The first-order valence-corrected chi connectivity index (χ1v) is 7.03. The monoisotopic (exact) mass is 355 g/mol. The van der Waals surface area contributed by atoms with E-state index in [1.54, 1.807) is 0 Å². The molecule has 1 atom stereocenters. The lowest BCUT2D eigenvalue weighted by molar-refractivity contribution is 0.0240. The van der Waals surface area contributed by atoms with Crippen molar-refractivity contribution in [2.45, 2.75) is 6.10 Å². The number of hydrogen-bond donors (Lipinski definition) is 1. The summed E-state index contributed by atoms with van der Waals surface area (Å²) >= 11 is 2.32. The van der Waals surface area contributed by atoms with Gasteiger partial charge in [-0.1, -0.05) is 6.07 Å². The minimum Gasteiger partial charge on any atom is -0.369 e. The minimum atomic E-state index is 0.0825. The van der Waals surface area contributed by atoms with Gasteiger partial charge in [-0.15, -0.1) is 0 Å². The Morgan fingerprint density at radius 2 is 2.39 bits per heavy atom. The van der Waals surface area contributed by atoms with Crippen molar-refractivity contribution in [2.75, 3.05) is 19.7 Å². The van der Waals surface area contributed by atoms with E-state index in [9.17, 15) is 0 Å². The van der Waals surface area contributed by atoms with Crippen LogP contribution in [0.25, 0.3) is 5.69 Å². The highest BCUT2D eigenvalue weighted by Crippen LogP contribution is 2.22. The zero-order chi connectivity index (χ0) is 12.4. The van der Waals surface area contributed by atoms with Crippen LogP contribution in [-0.2, 0) is 4.74 Å². The number of aromatic nitrogens is 2. The number of imidazole rings is 1. The Balaban J connectivity index is 1.95. The molecule has 1 N–H and O–H groups in total. The molecule has 1 aromatic carbocycles. The fourth-order valence-electron chi connectivity index (χ4n) is 2.14. The molecule has 1 aliphatic heterocycles. The lowest BCUT2D eigenvalue weighted by Crippen LogP contribution is -2.34. The molecular weight excluding hydrogens is 341 g/mol. The van der Waals surface area contributed by atoms with Gasteiger partial charge in [-0.2, -0.15) is 0 Å². The summed E-state index contributed by atoms with van der Waals surface area (Å²) in [6.07, 6.45) is 3.81. The van der Waals surface area contributed by atoms with E-state index >= 15 is 0 Å². The predicted octanol–water partition coefficient (Wildman–Crippen LogP) is 2.14. The summed E-state index contributed by atoms with van der Waals surface area (Å²) in [4.78, 5) is 4.26. The van der Waals surface area contributed by atoms with Gasteiger partial charge in [-0.25, -0.2) is 4.98 Å². The quantitative estimate of drug-likeness (QED) is 0.839. The van der Waals surface area contributed by atoms with Gasteiger partial charge in [0.15, 0.2) is 0 Å². The van der Waals surface area contributed by atoms with E-state index in [0.717, 1.165) is 31.1 Å². The molecule has 0 spiro atoms. The number of ether oxygens (including phenoxy) is 1. The first-order chi connectivity index (χ1) is 8.84. The number of nitrogens with zero attached hydrogens (tertiary/aromatic N) is 2. The van der Waals surface area contributed by atoms with E-state index in [0.29, 0.717) is 0 Å². The zero-order valence-corrected chi connectivity index (χ0v) is 12.0. The van der Waals surface area contributed by atoms with Crippen LogP contribution in [0.4, 0.5) is 0 Å². The number of hydrogen-bond acceptors (Lipinski definition) is 3. The molecule has 2 aromatic rings. The van der Waals surface area contributed by atoms with Gasteiger partial charge >= 0.3 is 0 Å². The Bertz CT molecular complexity index is 535. The Kier molecular flexibility index (Phi) is 3.62. The highest BCUT2D eigenvalue weighted by Gasteiger charge is 2.19. The third-order valence-electron chi connectivity index (χ3n) is 3.01. The second kappa shape index (κ2) is 5.38. The van der Waals surface area contributed by atoms with E-state index in [2.05, 4.69) is 61.7 Å². The molecule has 0 bridgehead atoms. The van der Waals surface area contributed by atoms with Crippen LogP contribution in [0.1, 0.15) is 11.8 Å². The van der Waals surface area contributed by atoms with Crippen LogP contribution in [0.5, 0.6) is 0 Å². The van der Waals surface area contributed by atoms with E-state index in [4.69, 9.17) is 4.74 Å². The Labute approximate surface area is 120 Å². The number of rotatable bonds is 2. The molecule has 0 saturated carbocycles. The summed E-state index contributed by atoms with van der Waals surface area (Å²) in [5.74, 6) is 0. The molecule has 1 unspecified atom stereocenters. The molecule has 0 amide bonds. The largest absolute Gasteiger partial charge is 0.369 e. The average molecular weight is 355 g/mol. The second-order valence-electron chi connectivity index (χ2n) is 4.23. The third-order valence-corrected chi connectivity index (χ3v) is 3.68. The Morgan fingerprint density at radius 3 is 3.17 bits per heavy atom. The highest BCUT2D eigenvalue weighted by molar-refractivity contribution is 14.1. The summed E-state index contributed by atoms with van der Waals surface area (Å²) < 4.78 is 9.10. The van der Waals surface area contributed by atoms with Crippen LogP contribution >= 0.6 is 22.6 Å². The zero-order valence-electron chi connectivity index (χ0n) is 9.84. The lowest BCUT2D eigenvalue weighted by atomic mass is 10.2. The van der Waals surface area contributed by atoms with Crippen molar-refractivity contribution in [3.63, 3.8) is 0 Å². The number of halogens is 1. The first-order valence-electron chi connectivity index (χ1n) is 5.95. The van der Waals surface area contributed by atoms with E-state index in [1.165, 1.54) is 3.57 Å². The maximum absolute atomic E-state index is 5.79. The predicted molar refractivity (Wildman–Crippen MR) is 77.8 cm³/mol. The van der Waals surface area contributed by atoms with Crippen LogP contribution in [-0.4, -0.2) is 29.2 Å². The van der Waals surface area contributed by atoms with Crippen molar-refractivity contribution in [3.05, 3.63) is 46.1 Å². The van der Waals surface area contributed by atoms with Crippen molar-refractivity contribution in [1.82, 2.24) is 14.9 Å². The van der Waals surface area contributed by atoms with Crippen LogP contribution < -0.4 is 5.32 Å². The fourth-order valence-corrected chi connectivity index (χ4v) is 2.67. The number of benzene rings is 1. The summed E-state index contributed by atoms with van der Waals surface area (Å²) in [5.41, 5.74) is 2.23. The summed E-state index contributed by atoms with van der Waals surface area (Å²) in [7, 11) is 0. The van der Waals surface area contributed by atoms with Gasteiger partial charge < -0.3 is 14.6 Å². The normalized spacial score (nSPS) is 19.9. The van der Waals surface area contributed by atoms with Crippen molar-refractivity contribution in [3.8, 4) is 5.69 Å². The Hall–Kier alpha value is -0.920. The number of morpholine rings is 1. The SMILES string of the molecule is Ic1cccc(-n2cncc2C2CNCCO2)c1. The van der Waals surface area contributed by atoms with E-state index < -0.39 is 0 Å². The van der Waals surface area contributed by atoms with Crippen LogP contribution in [0, 0.1) is 3.57 Å². The number of nitrogens with one attached hydrogen (secondary N) is 1. The van der Waals surface area contributed by atoms with E-state index in [1.807, 2.05) is 12.5 Å².